The van der Waals surface area contributed by atoms with Crippen molar-refractivity contribution in [3.63, 3.8) is 0 Å². The topological polar surface area (TPSA) is 100 Å². The average molecular weight is 350 g/mol. The Bertz CT molecular complexity index is 726. The lowest BCUT2D eigenvalue weighted by Crippen LogP contribution is -2.48. The van der Waals surface area contributed by atoms with Gasteiger partial charge in [0.05, 0.1) is 17.1 Å². The summed E-state index contributed by atoms with van der Waals surface area (Å²) in [4.78, 5) is 40.3. The SMILES string of the molecule is O=C1CC[C@H](C(=O)NCc2csc(-c3cccs3)n2)NC(=O)N1. The van der Waals surface area contributed by atoms with E-state index < -0.39 is 12.1 Å². The number of carbonyl (C=O) groups excluding carboxylic acids is 3. The summed E-state index contributed by atoms with van der Waals surface area (Å²) in [5.41, 5.74) is 0.765. The number of urea groups is 1. The lowest BCUT2D eigenvalue weighted by atomic mass is 10.1. The van der Waals surface area contributed by atoms with Crippen LogP contribution in [0.25, 0.3) is 9.88 Å². The second kappa shape index (κ2) is 6.88. The van der Waals surface area contributed by atoms with Crippen molar-refractivity contribution in [2.45, 2.75) is 25.4 Å². The Morgan fingerprint density at radius 1 is 1.39 bits per heavy atom. The molecule has 0 unspecified atom stereocenters. The molecule has 0 radical (unpaired) electrons. The second-order valence-corrected chi connectivity index (χ2v) is 6.76. The average Bonchev–Trinajstić information content (AvgIpc) is 3.16. The van der Waals surface area contributed by atoms with Crippen LogP contribution in [0.1, 0.15) is 18.5 Å². The molecule has 1 atom stereocenters. The van der Waals surface area contributed by atoms with Crippen LogP contribution in [0.5, 0.6) is 0 Å². The summed E-state index contributed by atoms with van der Waals surface area (Å²) in [7, 11) is 0. The molecule has 4 amide bonds. The Hall–Kier alpha value is -2.26. The maximum absolute atomic E-state index is 12.1. The number of nitrogens with zero attached hydrogens (tertiary/aromatic N) is 1. The number of aromatic nitrogens is 1. The number of rotatable bonds is 4. The molecule has 0 saturated carbocycles. The molecular formula is C14H14N4O3S2. The normalized spacial score (nSPS) is 18.0. The van der Waals surface area contributed by atoms with E-state index in [0.29, 0.717) is 0 Å². The molecule has 1 aliphatic rings. The van der Waals surface area contributed by atoms with E-state index in [-0.39, 0.29) is 31.2 Å². The van der Waals surface area contributed by atoms with Crippen molar-refractivity contribution in [2.75, 3.05) is 0 Å². The van der Waals surface area contributed by atoms with Gasteiger partial charge in [0.25, 0.3) is 0 Å². The standard InChI is InChI=1S/C14H14N4O3S2/c19-11-4-3-9(17-14(21)18-11)12(20)15-6-8-7-23-13(16-8)10-2-1-5-22-10/h1-2,5,7,9H,3-4,6H2,(H,15,20)(H2,17,18,19,21)/t9-/m1/s1. The van der Waals surface area contributed by atoms with Gasteiger partial charge in [0.1, 0.15) is 11.0 Å². The molecule has 2 aromatic heterocycles. The van der Waals surface area contributed by atoms with E-state index in [1.807, 2.05) is 22.9 Å². The van der Waals surface area contributed by atoms with Crippen molar-refractivity contribution in [3.8, 4) is 9.88 Å². The minimum Gasteiger partial charge on any atom is -0.349 e. The van der Waals surface area contributed by atoms with Crippen LogP contribution in [0.4, 0.5) is 4.79 Å². The highest BCUT2D eigenvalue weighted by Crippen LogP contribution is 2.27. The molecule has 1 fully saturated rings. The van der Waals surface area contributed by atoms with E-state index >= 15 is 0 Å². The molecule has 0 spiro atoms. The number of hydrogen-bond acceptors (Lipinski definition) is 6. The molecule has 1 aliphatic heterocycles. The Kier molecular flexibility index (Phi) is 4.68. The third-order valence-corrected chi connectivity index (χ3v) is 5.19. The molecule has 7 nitrogen and oxygen atoms in total. The first kappa shape index (κ1) is 15.6. The Balaban J connectivity index is 1.56. The summed E-state index contributed by atoms with van der Waals surface area (Å²) in [5.74, 6) is -0.696. The molecule has 0 bridgehead atoms. The Labute approximate surface area is 140 Å². The van der Waals surface area contributed by atoms with Crippen molar-refractivity contribution in [2.24, 2.45) is 0 Å². The number of amides is 4. The predicted octanol–water partition coefficient (Wildman–Crippen LogP) is 1.48. The van der Waals surface area contributed by atoms with Crippen LogP contribution in [0.15, 0.2) is 22.9 Å². The van der Waals surface area contributed by atoms with Gasteiger partial charge in [-0.05, 0) is 17.9 Å². The lowest BCUT2D eigenvalue weighted by Gasteiger charge is -2.14. The smallest absolute Gasteiger partial charge is 0.322 e. The number of imide groups is 1. The highest BCUT2D eigenvalue weighted by atomic mass is 32.1. The first-order chi connectivity index (χ1) is 11.1. The molecule has 3 N–H and O–H groups in total. The summed E-state index contributed by atoms with van der Waals surface area (Å²) < 4.78 is 0. The first-order valence-electron chi connectivity index (χ1n) is 6.98. The van der Waals surface area contributed by atoms with Gasteiger partial charge in [0, 0.05) is 11.8 Å². The number of thiophene rings is 1. The van der Waals surface area contributed by atoms with Crippen LogP contribution in [-0.4, -0.2) is 28.9 Å². The number of hydrogen-bond donors (Lipinski definition) is 3. The monoisotopic (exact) mass is 350 g/mol. The van der Waals surface area contributed by atoms with E-state index in [4.69, 9.17) is 0 Å². The van der Waals surface area contributed by atoms with Gasteiger partial charge in [-0.15, -0.1) is 22.7 Å². The van der Waals surface area contributed by atoms with Crippen molar-refractivity contribution < 1.29 is 14.4 Å². The van der Waals surface area contributed by atoms with Gasteiger partial charge in [-0.3, -0.25) is 14.9 Å². The number of nitrogens with one attached hydrogen (secondary N) is 3. The van der Waals surface area contributed by atoms with Crippen LogP contribution in [0, 0.1) is 0 Å². The minimum atomic E-state index is -0.711. The van der Waals surface area contributed by atoms with E-state index in [2.05, 4.69) is 20.9 Å². The van der Waals surface area contributed by atoms with Gasteiger partial charge < -0.3 is 10.6 Å². The van der Waals surface area contributed by atoms with Crippen LogP contribution >= 0.6 is 22.7 Å². The highest BCUT2D eigenvalue weighted by Gasteiger charge is 2.25. The van der Waals surface area contributed by atoms with Gasteiger partial charge in [-0.25, -0.2) is 9.78 Å². The van der Waals surface area contributed by atoms with Gasteiger partial charge in [-0.1, -0.05) is 6.07 Å². The molecule has 0 aliphatic carbocycles. The van der Waals surface area contributed by atoms with E-state index in [1.54, 1.807) is 11.3 Å². The zero-order chi connectivity index (χ0) is 16.2. The molecule has 9 heteroatoms. The van der Waals surface area contributed by atoms with Crippen molar-refractivity contribution in [3.05, 3.63) is 28.6 Å². The molecule has 2 aromatic rings. The highest BCUT2D eigenvalue weighted by molar-refractivity contribution is 7.20. The predicted molar refractivity (Wildman–Crippen MR) is 87.0 cm³/mol. The number of thiazole rings is 1. The maximum Gasteiger partial charge on any atom is 0.322 e. The maximum atomic E-state index is 12.1. The lowest BCUT2D eigenvalue weighted by molar-refractivity contribution is -0.123. The fraction of sp³-hybridized carbons (Fsp3) is 0.286. The Morgan fingerprint density at radius 3 is 3.04 bits per heavy atom. The van der Waals surface area contributed by atoms with Crippen molar-refractivity contribution >= 4 is 40.5 Å². The molecule has 23 heavy (non-hydrogen) atoms. The first-order valence-corrected chi connectivity index (χ1v) is 8.74. The van der Waals surface area contributed by atoms with Gasteiger partial charge in [0.2, 0.25) is 11.8 Å². The summed E-state index contributed by atoms with van der Waals surface area (Å²) in [5, 5.41) is 12.2. The van der Waals surface area contributed by atoms with Crippen LogP contribution in [0.2, 0.25) is 0 Å². The summed E-state index contributed by atoms with van der Waals surface area (Å²) >= 11 is 3.14. The van der Waals surface area contributed by atoms with Crippen LogP contribution < -0.4 is 16.0 Å². The molecule has 3 heterocycles. The van der Waals surface area contributed by atoms with Gasteiger partial charge >= 0.3 is 6.03 Å². The zero-order valence-corrected chi connectivity index (χ0v) is 13.6. The largest absolute Gasteiger partial charge is 0.349 e. The van der Waals surface area contributed by atoms with Crippen LogP contribution in [-0.2, 0) is 16.1 Å². The van der Waals surface area contributed by atoms with Crippen LogP contribution in [0.3, 0.4) is 0 Å². The quantitative estimate of drug-likeness (QED) is 0.777. The van der Waals surface area contributed by atoms with Gasteiger partial charge in [0.15, 0.2) is 0 Å². The summed E-state index contributed by atoms with van der Waals surface area (Å²) in [6.45, 7) is 0.286. The van der Waals surface area contributed by atoms with E-state index in [0.717, 1.165) is 15.6 Å². The summed E-state index contributed by atoms with van der Waals surface area (Å²) in [6.07, 6.45) is 0.414. The van der Waals surface area contributed by atoms with Crippen molar-refractivity contribution in [1.29, 1.82) is 0 Å². The fourth-order valence-corrected chi connectivity index (χ4v) is 3.76. The molecule has 1 saturated heterocycles. The third-order valence-electron chi connectivity index (χ3n) is 3.26. The molecule has 120 valence electrons. The second-order valence-electron chi connectivity index (χ2n) is 4.95. The molecule has 3 rings (SSSR count). The zero-order valence-electron chi connectivity index (χ0n) is 12.0. The molecular weight excluding hydrogens is 336 g/mol. The third kappa shape index (κ3) is 3.93. The molecule has 0 aromatic carbocycles. The Morgan fingerprint density at radius 2 is 2.26 bits per heavy atom. The van der Waals surface area contributed by atoms with E-state index in [9.17, 15) is 14.4 Å². The fourth-order valence-electron chi connectivity index (χ4n) is 2.13. The minimum absolute atomic E-state index is 0.135. The van der Waals surface area contributed by atoms with Gasteiger partial charge in [-0.2, -0.15) is 0 Å². The van der Waals surface area contributed by atoms with Crippen molar-refractivity contribution in [1.82, 2.24) is 20.9 Å². The van der Waals surface area contributed by atoms with E-state index in [1.165, 1.54) is 11.3 Å². The number of carbonyl (C=O) groups is 3. The summed E-state index contributed by atoms with van der Waals surface area (Å²) in [6, 6.07) is 2.61.